The number of likely N-dealkylation sites (tertiary alicyclic amines) is 2. The van der Waals surface area contributed by atoms with Gasteiger partial charge in [0.2, 0.25) is 24.5 Å². The van der Waals surface area contributed by atoms with E-state index in [1.807, 2.05) is 36.0 Å². The van der Waals surface area contributed by atoms with Gasteiger partial charge in [0.1, 0.15) is 0 Å². The molecule has 3 aliphatic heterocycles. The molecule has 0 aliphatic carbocycles. The van der Waals surface area contributed by atoms with Crippen molar-refractivity contribution >= 4 is 23.7 Å². The van der Waals surface area contributed by atoms with Crippen molar-refractivity contribution < 1.29 is 33.8 Å². The predicted molar refractivity (Wildman–Crippen MR) is 147 cm³/mol. The number of hydrogen-bond donors (Lipinski definition) is 1. The largest absolute Gasteiger partial charge is 0.481 e. The Kier molecular flexibility index (Phi) is 10.0. The summed E-state index contributed by atoms with van der Waals surface area (Å²) in [5, 5.41) is 10.4. The Balaban J connectivity index is 1.57. The van der Waals surface area contributed by atoms with Crippen molar-refractivity contribution in [1.29, 1.82) is 0 Å². The molecule has 2 fully saturated rings. The van der Waals surface area contributed by atoms with E-state index in [0.29, 0.717) is 37.6 Å². The Labute approximate surface area is 236 Å². The molecule has 1 N–H and O–H groups in total. The summed E-state index contributed by atoms with van der Waals surface area (Å²) in [4.78, 5) is 58.1. The summed E-state index contributed by atoms with van der Waals surface area (Å²) in [6, 6.07) is 4.96. The molecule has 3 atom stereocenters. The van der Waals surface area contributed by atoms with Gasteiger partial charge in [-0.1, -0.05) is 19.4 Å². The predicted octanol–water partition coefficient (Wildman–Crippen LogP) is 2.00. The van der Waals surface area contributed by atoms with Crippen LogP contribution in [0.2, 0.25) is 0 Å². The van der Waals surface area contributed by atoms with Crippen molar-refractivity contribution in [2.24, 2.45) is 5.92 Å². The van der Waals surface area contributed by atoms with Crippen LogP contribution in [0.4, 0.5) is 0 Å². The van der Waals surface area contributed by atoms with Gasteiger partial charge in [0.15, 0.2) is 11.5 Å². The number of fused-ring (bicyclic) bond motifs is 1. The Morgan fingerprint density at radius 3 is 2.40 bits per heavy atom. The third-order valence-corrected chi connectivity index (χ3v) is 8.17. The molecular weight excluding hydrogens is 516 g/mol. The standard InChI is InChI=1S/C29H42N4O7/c1-4-5-13-31(14-6-12-30(2)3)27(36)18-32-17-21(20-7-8-23-24(16-20)40-19-39-23)28(29(37)38)22(32)11-15-33-25(34)9-10-26(33)35/h7-8,16,21-22,28H,4-6,9-15,17-19H2,1-3H3,(H,37,38). The Morgan fingerprint density at radius 1 is 1.02 bits per heavy atom. The van der Waals surface area contributed by atoms with E-state index in [0.717, 1.165) is 31.4 Å². The second-order valence-corrected chi connectivity index (χ2v) is 11.2. The van der Waals surface area contributed by atoms with Crippen LogP contribution in [0.3, 0.4) is 0 Å². The smallest absolute Gasteiger partial charge is 0.308 e. The van der Waals surface area contributed by atoms with E-state index >= 15 is 0 Å². The summed E-state index contributed by atoms with van der Waals surface area (Å²) in [6.07, 6.45) is 3.38. The number of unbranched alkanes of at least 4 members (excludes halogenated alkanes) is 1. The van der Waals surface area contributed by atoms with Gasteiger partial charge in [0.25, 0.3) is 0 Å². The molecule has 0 aromatic heterocycles. The SMILES string of the molecule is CCCCN(CCCN(C)C)C(=O)CN1CC(c2ccc3c(c2)OCO3)C(C(=O)O)C1CCN1C(=O)CCC1=O. The molecule has 1 aromatic carbocycles. The minimum atomic E-state index is -0.962. The van der Waals surface area contributed by atoms with Gasteiger partial charge < -0.3 is 24.4 Å². The third kappa shape index (κ3) is 6.93. The van der Waals surface area contributed by atoms with Crippen molar-refractivity contribution in [1.82, 2.24) is 19.6 Å². The quantitative estimate of drug-likeness (QED) is 0.342. The van der Waals surface area contributed by atoms with Crippen LogP contribution in [0.1, 0.15) is 56.9 Å². The number of benzene rings is 1. The number of hydrogen-bond acceptors (Lipinski definition) is 8. The topological polar surface area (TPSA) is 120 Å². The van der Waals surface area contributed by atoms with Gasteiger partial charge in [0, 0.05) is 51.0 Å². The van der Waals surface area contributed by atoms with Gasteiger partial charge >= 0.3 is 5.97 Å². The van der Waals surface area contributed by atoms with Crippen molar-refractivity contribution in [3.8, 4) is 11.5 Å². The Morgan fingerprint density at radius 2 is 1.73 bits per heavy atom. The van der Waals surface area contributed by atoms with Gasteiger partial charge in [-0.2, -0.15) is 0 Å². The number of aliphatic carboxylic acids is 1. The fourth-order valence-electron chi connectivity index (χ4n) is 6.03. The lowest BCUT2D eigenvalue weighted by atomic mass is 9.84. The number of carboxylic acid groups (broad SMARTS) is 1. The maximum Gasteiger partial charge on any atom is 0.308 e. The molecule has 40 heavy (non-hydrogen) atoms. The minimum absolute atomic E-state index is 0.0268. The molecule has 220 valence electrons. The Hall–Kier alpha value is -3.18. The fraction of sp³-hybridized carbons (Fsp3) is 0.655. The summed E-state index contributed by atoms with van der Waals surface area (Å²) in [7, 11) is 4.01. The van der Waals surface area contributed by atoms with Gasteiger partial charge in [0.05, 0.1) is 12.5 Å². The van der Waals surface area contributed by atoms with Crippen LogP contribution >= 0.6 is 0 Å². The number of carbonyl (C=O) groups excluding carboxylic acids is 3. The zero-order chi connectivity index (χ0) is 28.8. The first-order valence-corrected chi connectivity index (χ1v) is 14.3. The number of ether oxygens (including phenoxy) is 2. The number of carbonyl (C=O) groups is 4. The van der Waals surface area contributed by atoms with Crippen molar-refractivity contribution in [3.05, 3.63) is 23.8 Å². The molecule has 4 rings (SSSR count). The molecule has 0 saturated carbocycles. The maximum absolute atomic E-state index is 13.6. The second-order valence-electron chi connectivity index (χ2n) is 11.2. The lowest BCUT2D eigenvalue weighted by Crippen LogP contribution is -2.46. The van der Waals surface area contributed by atoms with E-state index in [-0.39, 0.29) is 50.4 Å². The highest BCUT2D eigenvalue weighted by atomic mass is 16.7. The summed E-state index contributed by atoms with van der Waals surface area (Å²) in [6.45, 7) is 4.98. The summed E-state index contributed by atoms with van der Waals surface area (Å²) >= 11 is 0. The third-order valence-electron chi connectivity index (χ3n) is 8.17. The zero-order valence-electron chi connectivity index (χ0n) is 23.8. The van der Waals surface area contributed by atoms with Crippen molar-refractivity contribution in [2.45, 2.75) is 57.4 Å². The van der Waals surface area contributed by atoms with E-state index in [2.05, 4.69) is 11.8 Å². The molecule has 3 aliphatic rings. The normalized spacial score (nSPS) is 22.5. The number of carboxylic acids is 1. The molecule has 3 amide bonds. The van der Waals surface area contributed by atoms with Crippen LogP contribution in [0, 0.1) is 5.92 Å². The van der Waals surface area contributed by atoms with Crippen molar-refractivity contribution in [3.63, 3.8) is 0 Å². The van der Waals surface area contributed by atoms with Crippen LogP contribution in [0.15, 0.2) is 18.2 Å². The van der Waals surface area contributed by atoms with Crippen LogP contribution in [0.5, 0.6) is 11.5 Å². The van der Waals surface area contributed by atoms with Gasteiger partial charge in [-0.3, -0.25) is 29.0 Å². The molecule has 3 unspecified atom stereocenters. The summed E-state index contributed by atoms with van der Waals surface area (Å²) in [5.41, 5.74) is 0.804. The zero-order valence-corrected chi connectivity index (χ0v) is 23.8. The molecule has 11 heteroatoms. The lowest BCUT2D eigenvalue weighted by Gasteiger charge is -2.30. The van der Waals surface area contributed by atoms with E-state index < -0.39 is 23.8 Å². The first-order chi connectivity index (χ1) is 19.2. The lowest BCUT2D eigenvalue weighted by molar-refractivity contribution is -0.144. The van der Waals surface area contributed by atoms with Crippen LogP contribution < -0.4 is 9.47 Å². The molecule has 11 nitrogen and oxygen atoms in total. The summed E-state index contributed by atoms with van der Waals surface area (Å²) in [5.74, 6) is -1.46. The van der Waals surface area contributed by atoms with E-state index in [1.54, 1.807) is 6.07 Å². The highest BCUT2D eigenvalue weighted by Crippen LogP contribution is 2.42. The highest BCUT2D eigenvalue weighted by Gasteiger charge is 2.48. The van der Waals surface area contributed by atoms with Crippen molar-refractivity contribution in [2.75, 3.05) is 60.2 Å². The van der Waals surface area contributed by atoms with Gasteiger partial charge in [-0.15, -0.1) is 0 Å². The highest BCUT2D eigenvalue weighted by molar-refractivity contribution is 6.01. The fourth-order valence-corrected chi connectivity index (χ4v) is 6.03. The van der Waals surface area contributed by atoms with E-state index in [9.17, 15) is 24.3 Å². The minimum Gasteiger partial charge on any atom is -0.481 e. The number of amides is 3. The molecule has 0 bridgehead atoms. The van der Waals surface area contributed by atoms with Crippen LogP contribution in [-0.4, -0.2) is 115 Å². The first kappa shape index (κ1) is 29.8. The summed E-state index contributed by atoms with van der Waals surface area (Å²) < 4.78 is 11.0. The molecule has 0 radical (unpaired) electrons. The molecule has 1 aromatic rings. The average Bonchev–Trinajstić information content (AvgIpc) is 3.61. The van der Waals surface area contributed by atoms with Gasteiger partial charge in [-0.25, -0.2) is 0 Å². The number of nitrogens with zero attached hydrogens (tertiary/aromatic N) is 4. The first-order valence-electron chi connectivity index (χ1n) is 14.3. The van der Waals surface area contributed by atoms with Crippen LogP contribution in [-0.2, 0) is 19.2 Å². The molecule has 0 spiro atoms. The average molecular weight is 559 g/mol. The molecular formula is C29H42N4O7. The monoisotopic (exact) mass is 558 g/mol. The van der Waals surface area contributed by atoms with Gasteiger partial charge in [-0.05, 0) is 57.6 Å². The Bertz CT molecular complexity index is 1080. The number of imide groups is 1. The second kappa shape index (κ2) is 13.5. The van der Waals surface area contributed by atoms with E-state index in [1.165, 1.54) is 4.90 Å². The van der Waals surface area contributed by atoms with E-state index in [4.69, 9.17) is 9.47 Å². The maximum atomic E-state index is 13.6. The molecule has 2 saturated heterocycles. The number of rotatable bonds is 14. The van der Waals surface area contributed by atoms with Crippen LogP contribution in [0.25, 0.3) is 0 Å². The molecule has 3 heterocycles.